The maximum atomic E-state index is 13.1. The Labute approximate surface area is 207 Å². The molecule has 1 aliphatic heterocycles. The number of amidine groups is 1. The molecule has 1 N–H and O–H groups in total. The summed E-state index contributed by atoms with van der Waals surface area (Å²) in [5, 5.41) is 9.67. The van der Waals surface area contributed by atoms with Crippen molar-refractivity contribution in [1.29, 1.82) is 0 Å². The van der Waals surface area contributed by atoms with Gasteiger partial charge in [0, 0.05) is 12.1 Å². The van der Waals surface area contributed by atoms with Crippen LogP contribution in [0.5, 0.6) is 11.5 Å². The lowest BCUT2D eigenvalue weighted by atomic mass is 10.1. The number of hydrogen-bond acceptors (Lipinski definition) is 6. The predicted octanol–water partition coefficient (Wildman–Crippen LogP) is 5.60. The Hall–Kier alpha value is -4.04. The van der Waals surface area contributed by atoms with Crippen molar-refractivity contribution >= 4 is 40.6 Å². The lowest BCUT2D eigenvalue weighted by Crippen LogP contribution is -2.28. The number of amides is 1. The van der Waals surface area contributed by atoms with Gasteiger partial charge < -0.3 is 14.6 Å². The minimum Gasteiger partial charge on any atom is -0.497 e. The first kappa shape index (κ1) is 24.1. The van der Waals surface area contributed by atoms with Crippen LogP contribution in [0.3, 0.4) is 0 Å². The van der Waals surface area contributed by atoms with Gasteiger partial charge in [0.05, 0.1) is 23.3 Å². The van der Waals surface area contributed by atoms with E-state index in [1.807, 2.05) is 61.5 Å². The zero-order chi connectivity index (χ0) is 24.8. The van der Waals surface area contributed by atoms with Crippen LogP contribution in [0.15, 0.2) is 82.7 Å². The molecule has 0 spiro atoms. The van der Waals surface area contributed by atoms with Gasteiger partial charge in [-0.3, -0.25) is 9.69 Å². The minimum atomic E-state index is -0.968. The second-order valence-electron chi connectivity index (χ2n) is 7.58. The molecule has 0 radical (unpaired) electrons. The molecule has 35 heavy (non-hydrogen) atoms. The number of thioether (sulfide) groups is 1. The van der Waals surface area contributed by atoms with E-state index in [1.54, 1.807) is 36.3 Å². The van der Waals surface area contributed by atoms with E-state index in [2.05, 4.69) is 4.99 Å². The third-order valence-electron chi connectivity index (χ3n) is 5.30. The summed E-state index contributed by atoms with van der Waals surface area (Å²) in [5.41, 5.74) is 2.57. The SMILES string of the molecule is CCN1C(=O)/C(=C\c2ccccc2OCc2ccc(C(=O)O)cc2)SC1=Nc1ccc(OC)cc1. The number of ether oxygens (including phenoxy) is 2. The Bertz CT molecular complexity index is 1280. The molecular weight excluding hydrogens is 464 g/mol. The topological polar surface area (TPSA) is 88.4 Å². The van der Waals surface area contributed by atoms with Gasteiger partial charge in [-0.2, -0.15) is 0 Å². The maximum absolute atomic E-state index is 13.1. The highest BCUT2D eigenvalue weighted by Crippen LogP contribution is 2.35. The van der Waals surface area contributed by atoms with Crippen LogP contribution < -0.4 is 9.47 Å². The highest BCUT2D eigenvalue weighted by atomic mass is 32.2. The molecule has 0 atom stereocenters. The first-order valence-corrected chi connectivity index (χ1v) is 11.8. The van der Waals surface area contributed by atoms with Crippen LogP contribution in [0.4, 0.5) is 5.69 Å². The fourth-order valence-electron chi connectivity index (χ4n) is 3.41. The van der Waals surface area contributed by atoms with Crippen LogP contribution in [-0.4, -0.2) is 40.7 Å². The number of aliphatic imine (C=N–C) groups is 1. The second kappa shape index (κ2) is 10.9. The summed E-state index contributed by atoms with van der Waals surface area (Å²) in [5.74, 6) is 0.291. The smallest absolute Gasteiger partial charge is 0.335 e. The summed E-state index contributed by atoms with van der Waals surface area (Å²) in [6.07, 6.45) is 1.81. The number of nitrogens with zero attached hydrogens (tertiary/aromatic N) is 2. The molecule has 1 fully saturated rings. The van der Waals surface area contributed by atoms with Crippen molar-refractivity contribution in [3.8, 4) is 11.5 Å². The van der Waals surface area contributed by atoms with Crippen molar-refractivity contribution in [3.05, 3.63) is 94.4 Å². The quantitative estimate of drug-likeness (QED) is 0.416. The Morgan fingerprint density at radius 2 is 1.77 bits per heavy atom. The summed E-state index contributed by atoms with van der Waals surface area (Å²) in [7, 11) is 1.61. The normalized spacial score (nSPS) is 15.6. The Morgan fingerprint density at radius 1 is 1.06 bits per heavy atom. The fourth-order valence-corrected chi connectivity index (χ4v) is 4.47. The van der Waals surface area contributed by atoms with E-state index < -0.39 is 5.97 Å². The predicted molar refractivity (Wildman–Crippen MR) is 137 cm³/mol. The number of likely N-dealkylation sites (N-methyl/N-ethyl adjacent to an activating group) is 1. The van der Waals surface area contributed by atoms with E-state index in [0.717, 1.165) is 22.6 Å². The molecule has 4 rings (SSSR count). The van der Waals surface area contributed by atoms with Crippen LogP contribution in [0.2, 0.25) is 0 Å². The molecule has 178 valence electrons. The van der Waals surface area contributed by atoms with Crippen molar-refractivity contribution in [2.75, 3.05) is 13.7 Å². The number of carboxylic acids is 1. The van der Waals surface area contributed by atoms with Crippen molar-refractivity contribution in [2.45, 2.75) is 13.5 Å². The van der Waals surface area contributed by atoms with Gasteiger partial charge in [0.2, 0.25) is 0 Å². The molecule has 3 aromatic rings. The zero-order valence-electron chi connectivity index (χ0n) is 19.3. The summed E-state index contributed by atoms with van der Waals surface area (Å²) in [6.45, 7) is 2.69. The van der Waals surface area contributed by atoms with Crippen LogP contribution in [0.1, 0.15) is 28.4 Å². The molecular formula is C27H24N2O5S. The van der Waals surface area contributed by atoms with Gasteiger partial charge in [-0.15, -0.1) is 0 Å². The number of carboxylic acid groups (broad SMARTS) is 1. The minimum absolute atomic E-state index is 0.108. The maximum Gasteiger partial charge on any atom is 0.335 e. The molecule has 0 bridgehead atoms. The molecule has 1 aliphatic rings. The molecule has 0 aliphatic carbocycles. The summed E-state index contributed by atoms with van der Waals surface area (Å²) >= 11 is 1.32. The monoisotopic (exact) mass is 488 g/mol. The molecule has 3 aromatic carbocycles. The highest BCUT2D eigenvalue weighted by molar-refractivity contribution is 8.18. The van der Waals surface area contributed by atoms with Crippen molar-refractivity contribution < 1.29 is 24.2 Å². The first-order chi connectivity index (χ1) is 17.0. The number of methoxy groups -OCH3 is 1. The average Bonchev–Trinajstić information content (AvgIpc) is 3.17. The van der Waals surface area contributed by atoms with Gasteiger partial charge in [0.15, 0.2) is 5.17 Å². The molecule has 0 aromatic heterocycles. The van der Waals surface area contributed by atoms with Crippen molar-refractivity contribution in [2.24, 2.45) is 4.99 Å². The van der Waals surface area contributed by atoms with E-state index in [1.165, 1.54) is 11.8 Å². The number of rotatable bonds is 8. The molecule has 1 amide bonds. The fraction of sp³-hybridized carbons (Fsp3) is 0.148. The zero-order valence-corrected chi connectivity index (χ0v) is 20.1. The van der Waals surface area contributed by atoms with Crippen LogP contribution in [0, 0.1) is 0 Å². The number of hydrogen-bond donors (Lipinski definition) is 1. The van der Waals surface area contributed by atoms with E-state index in [-0.39, 0.29) is 18.1 Å². The van der Waals surface area contributed by atoms with Gasteiger partial charge in [0.1, 0.15) is 18.1 Å². The number of aromatic carboxylic acids is 1. The van der Waals surface area contributed by atoms with Crippen molar-refractivity contribution in [1.82, 2.24) is 4.90 Å². The molecule has 0 saturated carbocycles. The van der Waals surface area contributed by atoms with Gasteiger partial charge >= 0.3 is 5.97 Å². The number of benzene rings is 3. The largest absolute Gasteiger partial charge is 0.497 e. The van der Waals surface area contributed by atoms with E-state index in [0.29, 0.717) is 22.4 Å². The lowest BCUT2D eigenvalue weighted by molar-refractivity contribution is -0.122. The Kier molecular flexibility index (Phi) is 7.52. The van der Waals surface area contributed by atoms with E-state index in [9.17, 15) is 9.59 Å². The van der Waals surface area contributed by atoms with Gasteiger partial charge in [0.25, 0.3) is 5.91 Å². The van der Waals surface area contributed by atoms with E-state index in [4.69, 9.17) is 14.6 Å². The molecule has 8 heteroatoms. The molecule has 7 nitrogen and oxygen atoms in total. The highest BCUT2D eigenvalue weighted by Gasteiger charge is 2.32. The third-order valence-corrected chi connectivity index (χ3v) is 6.31. The van der Waals surface area contributed by atoms with E-state index >= 15 is 0 Å². The summed E-state index contributed by atoms with van der Waals surface area (Å²) in [4.78, 5) is 31.0. The summed E-state index contributed by atoms with van der Waals surface area (Å²) in [6, 6.07) is 21.4. The first-order valence-electron chi connectivity index (χ1n) is 11.0. The lowest BCUT2D eigenvalue weighted by Gasteiger charge is -2.12. The molecule has 1 saturated heterocycles. The Morgan fingerprint density at radius 3 is 2.43 bits per heavy atom. The number of carbonyl (C=O) groups is 2. The number of carbonyl (C=O) groups excluding carboxylic acids is 1. The van der Waals surface area contributed by atoms with Crippen molar-refractivity contribution in [3.63, 3.8) is 0 Å². The second-order valence-corrected chi connectivity index (χ2v) is 8.59. The molecule has 1 heterocycles. The average molecular weight is 489 g/mol. The summed E-state index contributed by atoms with van der Waals surface area (Å²) < 4.78 is 11.2. The third kappa shape index (κ3) is 5.73. The molecule has 0 unspecified atom stereocenters. The van der Waals surface area contributed by atoms with Gasteiger partial charge in [-0.1, -0.05) is 30.3 Å². The van der Waals surface area contributed by atoms with Gasteiger partial charge in [-0.25, -0.2) is 9.79 Å². The Balaban J connectivity index is 1.54. The van der Waals surface area contributed by atoms with Crippen LogP contribution >= 0.6 is 11.8 Å². The standard InChI is InChI=1S/C27H24N2O5S/c1-3-29-25(30)24(35-27(29)28-21-12-14-22(33-2)15-13-21)16-20-6-4-5-7-23(20)34-17-18-8-10-19(11-9-18)26(31)32/h4-16H,3,17H2,1-2H3,(H,31,32)/b24-16+,28-27?. The van der Waals surface area contributed by atoms with Crippen LogP contribution in [-0.2, 0) is 11.4 Å². The van der Waals surface area contributed by atoms with Gasteiger partial charge in [-0.05, 0) is 72.8 Å². The number of para-hydroxylation sites is 1. The van der Waals surface area contributed by atoms with Crippen LogP contribution in [0.25, 0.3) is 6.08 Å².